The number of carbonyl (C=O) groups excluding carboxylic acids is 1. The lowest BCUT2D eigenvalue weighted by atomic mass is 9.86. The summed E-state index contributed by atoms with van der Waals surface area (Å²) in [6.07, 6.45) is 0.121. The molecule has 0 spiro atoms. The Hall–Kier alpha value is -2.97. The molecular formula is C23H25N3O4Si. The van der Waals surface area contributed by atoms with E-state index in [9.17, 15) is 14.7 Å². The Kier molecular flexibility index (Phi) is 4.04. The number of aliphatic hydroxyl groups is 1. The Morgan fingerprint density at radius 1 is 1.23 bits per heavy atom. The van der Waals surface area contributed by atoms with Crippen LogP contribution in [-0.2, 0) is 28.3 Å². The van der Waals surface area contributed by atoms with Crippen LogP contribution in [0, 0.1) is 0 Å². The van der Waals surface area contributed by atoms with Crippen molar-refractivity contribution < 1.29 is 14.6 Å². The number of pyridine rings is 2. The third-order valence-electron chi connectivity index (χ3n) is 6.46. The molecule has 0 bridgehead atoms. The maximum Gasteiger partial charge on any atom is 0.343 e. The van der Waals surface area contributed by atoms with E-state index < -0.39 is 19.6 Å². The van der Waals surface area contributed by atoms with E-state index in [2.05, 4.69) is 19.6 Å². The Morgan fingerprint density at radius 2 is 1.97 bits per heavy atom. The van der Waals surface area contributed by atoms with E-state index in [1.54, 1.807) is 17.6 Å². The summed E-state index contributed by atoms with van der Waals surface area (Å²) >= 11 is 0. The molecule has 1 atom stereocenters. The van der Waals surface area contributed by atoms with E-state index in [0.29, 0.717) is 29.1 Å². The van der Waals surface area contributed by atoms with Gasteiger partial charge in [-0.2, -0.15) is 0 Å². The lowest BCUT2D eigenvalue weighted by Crippen LogP contribution is -2.44. The lowest BCUT2D eigenvalue weighted by Gasteiger charge is -2.31. The van der Waals surface area contributed by atoms with Crippen molar-refractivity contribution in [1.29, 1.82) is 0 Å². The zero-order valence-electron chi connectivity index (χ0n) is 18.1. The molecule has 5 rings (SSSR count). The van der Waals surface area contributed by atoms with Crippen LogP contribution in [0.5, 0.6) is 0 Å². The normalized spacial score (nSPS) is 19.7. The van der Waals surface area contributed by atoms with Crippen molar-refractivity contribution in [2.24, 2.45) is 0 Å². The van der Waals surface area contributed by atoms with Crippen LogP contribution in [0.3, 0.4) is 0 Å². The number of nitrogens with two attached hydrogens (primary N) is 1. The predicted molar refractivity (Wildman–Crippen MR) is 122 cm³/mol. The third kappa shape index (κ3) is 2.64. The topological polar surface area (TPSA) is 107 Å². The number of carbonyl (C=O) groups is 1. The van der Waals surface area contributed by atoms with E-state index in [0.717, 1.165) is 22.2 Å². The molecule has 0 aliphatic carbocycles. The molecule has 7 nitrogen and oxygen atoms in total. The maximum atomic E-state index is 13.4. The van der Waals surface area contributed by atoms with Crippen LogP contribution in [0.25, 0.3) is 22.3 Å². The van der Waals surface area contributed by atoms with Crippen molar-refractivity contribution >= 4 is 35.8 Å². The Morgan fingerprint density at radius 3 is 2.65 bits per heavy atom. The van der Waals surface area contributed by atoms with Gasteiger partial charge in [-0.3, -0.25) is 4.79 Å². The highest BCUT2D eigenvalue weighted by Gasteiger charge is 2.45. The Bertz CT molecular complexity index is 1360. The smallest absolute Gasteiger partial charge is 0.343 e. The second-order valence-corrected chi connectivity index (χ2v) is 14.4. The average molecular weight is 436 g/mol. The van der Waals surface area contributed by atoms with E-state index in [1.165, 1.54) is 5.19 Å². The molecule has 3 N–H and O–H groups in total. The second kappa shape index (κ2) is 6.27. The number of anilines is 1. The fraction of sp³-hybridized carbons (Fsp3) is 0.348. The van der Waals surface area contributed by atoms with Crippen LogP contribution < -0.4 is 16.5 Å². The van der Waals surface area contributed by atoms with E-state index in [4.69, 9.17) is 15.5 Å². The van der Waals surface area contributed by atoms with Gasteiger partial charge in [-0.25, -0.2) is 9.78 Å². The first-order valence-corrected chi connectivity index (χ1v) is 14.0. The minimum Gasteiger partial charge on any atom is -0.458 e. The molecule has 0 unspecified atom stereocenters. The van der Waals surface area contributed by atoms with Gasteiger partial charge in [-0.05, 0) is 40.8 Å². The molecule has 2 aliphatic rings. The number of hydrogen-bond donors (Lipinski definition) is 2. The van der Waals surface area contributed by atoms with Crippen LogP contribution in [0.2, 0.25) is 19.6 Å². The third-order valence-corrected chi connectivity index (χ3v) is 8.53. The summed E-state index contributed by atoms with van der Waals surface area (Å²) in [6.45, 7) is 8.82. The van der Waals surface area contributed by atoms with Crippen molar-refractivity contribution in [3.05, 3.63) is 51.3 Å². The van der Waals surface area contributed by atoms with Gasteiger partial charge < -0.3 is 20.1 Å². The second-order valence-electron chi connectivity index (χ2n) is 9.44. The molecule has 0 saturated heterocycles. The minimum absolute atomic E-state index is 0.121. The highest BCUT2D eigenvalue weighted by molar-refractivity contribution is 6.90. The molecular weight excluding hydrogens is 410 g/mol. The van der Waals surface area contributed by atoms with Crippen LogP contribution >= 0.6 is 0 Å². The van der Waals surface area contributed by atoms with E-state index in [1.807, 2.05) is 18.2 Å². The van der Waals surface area contributed by atoms with Gasteiger partial charge in [0.05, 0.1) is 37.1 Å². The number of aromatic nitrogens is 2. The van der Waals surface area contributed by atoms with Gasteiger partial charge >= 0.3 is 5.97 Å². The number of nitrogen functional groups attached to an aromatic ring is 1. The summed E-state index contributed by atoms with van der Waals surface area (Å²) < 4.78 is 6.85. The zero-order valence-corrected chi connectivity index (χ0v) is 19.1. The molecule has 3 aromatic rings. The van der Waals surface area contributed by atoms with Gasteiger partial charge in [0.25, 0.3) is 5.56 Å². The number of benzene rings is 1. The van der Waals surface area contributed by atoms with Gasteiger partial charge in [-0.1, -0.05) is 32.6 Å². The highest BCUT2D eigenvalue weighted by Crippen LogP contribution is 2.38. The number of hydrogen-bond acceptors (Lipinski definition) is 6. The van der Waals surface area contributed by atoms with Gasteiger partial charge in [-0.15, -0.1) is 0 Å². The quantitative estimate of drug-likeness (QED) is 0.284. The molecule has 0 radical (unpaired) electrons. The van der Waals surface area contributed by atoms with E-state index in [-0.39, 0.29) is 18.6 Å². The van der Waals surface area contributed by atoms with Crippen LogP contribution in [0.1, 0.15) is 30.0 Å². The van der Waals surface area contributed by atoms with Crippen molar-refractivity contribution in [2.45, 2.75) is 51.7 Å². The number of rotatable bonds is 2. The first kappa shape index (κ1) is 20.0. The van der Waals surface area contributed by atoms with E-state index >= 15 is 0 Å². The summed E-state index contributed by atoms with van der Waals surface area (Å²) in [6, 6.07) is 7.52. The molecule has 4 heterocycles. The fourth-order valence-electron chi connectivity index (χ4n) is 4.95. The molecule has 0 saturated carbocycles. The minimum atomic E-state index is -1.83. The lowest BCUT2D eigenvalue weighted by molar-refractivity contribution is -0.172. The van der Waals surface area contributed by atoms with Crippen LogP contribution in [0.4, 0.5) is 5.69 Å². The SMILES string of the molecule is CC[C@@]1(O)C(=O)OCc2c1cc1n(c2=O)Cc2c-1nc1cc(N)ccc1c2[Si](C)(C)C. The first-order valence-electron chi connectivity index (χ1n) is 10.5. The van der Waals surface area contributed by atoms with Crippen molar-refractivity contribution in [1.82, 2.24) is 9.55 Å². The van der Waals surface area contributed by atoms with Crippen LogP contribution in [-0.4, -0.2) is 28.7 Å². The molecule has 160 valence electrons. The Labute approximate surface area is 180 Å². The van der Waals surface area contributed by atoms with Crippen molar-refractivity contribution in [3.8, 4) is 11.4 Å². The summed E-state index contributed by atoms with van der Waals surface area (Å²) in [4.78, 5) is 30.7. The van der Waals surface area contributed by atoms with Gasteiger partial charge in [0.15, 0.2) is 5.60 Å². The number of ether oxygens (including phenoxy) is 1. The maximum absolute atomic E-state index is 13.4. The van der Waals surface area contributed by atoms with Gasteiger partial charge in [0.2, 0.25) is 0 Å². The number of fused-ring (bicyclic) bond motifs is 5. The van der Waals surface area contributed by atoms with Crippen molar-refractivity contribution in [3.63, 3.8) is 0 Å². The summed E-state index contributed by atoms with van der Waals surface area (Å²) in [5.41, 5.74) is 8.47. The monoisotopic (exact) mass is 435 g/mol. The molecule has 2 aromatic heterocycles. The van der Waals surface area contributed by atoms with Gasteiger partial charge in [0.1, 0.15) is 6.61 Å². The molecule has 0 fully saturated rings. The molecule has 0 amide bonds. The fourth-order valence-corrected chi connectivity index (χ4v) is 7.08. The van der Waals surface area contributed by atoms with Crippen LogP contribution in [0.15, 0.2) is 29.1 Å². The molecule has 31 heavy (non-hydrogen) atoms. The predicted octanol–water partition coefficient (Wildman–Crippen LogP) is 2.21. The summed E-state index contributed by atoms with van der Waals surface area (Å²) in [7, 11) is -1.83. The number of nitrogens with zero attached hydrogens (tertiary/aromatic N) is 2. The number of cyclic esters (lactones) is 1. The number of esters is 1. The molecule has 1 aromatic carbocycles. The zero-order chi connectivity index (χ0) is 22.3. The largest absolute Gasteiger partial charge is 0.458 e. The summed E-state index contributed by atoms with van der Waals surface area (Å²) in [5, 5.41) is 13.4. The summed E-state index contributed by atoms with van der Waals surface area (Å²) in [5.74, 6) is -0.716. The first-order chi connectivity index (χ1) is 14.6. The van der Waals surface area contributed by atoms with Crippen molar-refractivity contribution in [2.75, 3.05) is 5.73 Å². The molecule has 8 heteroatoms. The standard InChI is InChI=1S/C23H25N3O4Si/c1-5-23(29)16-9-18-19-14(10-26(18)21(27)15(16)11-30-22(23)28)20(31(2,3)4)13-7-6-12(24)8-17(13)25-19/h6-9,29H,5,10-11,24H2,1-4H3/t23-/m0/s1. The Balaban J connectivity index is 1.88. The van der Waals surface area contributed by atoms with Gasteiger partial charge in [0, 0.05) is 11.3 Å². The highest BCUT2D eigenvalue weighted by atomic mass is 28.3. The average Bonchev–Trinajstić information content (AvgIpc) is 3.06. The molecule has 2 aliphatic heterocycles.